The van der Waals surface area contributed by atoms with Gasteiger partial charge in [0.15, 0.2) is 0 Å². The predicted molar refractivity (Wildman–Crippen MR) is 92.2 cm³/mol. The van der Waals surface area contributed by atoms with Gasteiger partial charge in [0.1, 0.15) is 0 Å². The van der Waals surface area contributed by atoms with E-state index in [1.165, 1.54) is 24.9 Å². The number of halogens is 2. The molecule has 0 aliphatic carbocycles. The van der Waals surface area contributed by atoms with Crippen LogP contribution in [0.1, 0.15) is 32.3 Å². The van der Waals surface area contributed by atoms with E-state index in [-0.39, 0.29) is 0 Å². The Morgan fingerprint density at radius 3 is 2.52 bits per heavy atom. The fourth-order valence-corrected chi connectivity index (χ4v) is 3.70. The Hall–Kier alpha value is -0.280. The van der Waals surface area contributed by atoms with E-state index in [1.807, 2.05) is 12.1 Å². The SMILES string of the molecule is CC(C)CN(Cc1cc(Cl)cc(Cl)c1)C[C@@H]1CCCNC1. The highest BCUT2D eigenvalue weighted by atomic mass is 35.5. The van der Waals surface area contributed by atoms with Gasteiger partial charge < -0.3 is 5.32 Å². The first-order chi connectivity index (χ1) is 10.0. The quantitative estimate of drug-likeness (QED) is 0.829. The second-order valence-electron chi connectivity index (χ2n) is 6.58. The van der Waals surface area contributed by atoms with Gasteiger partial charge in [-0.2, -0.15) is 0 Å². The summed E-state index contributed by atoms with van der Waals surface area (Å²) in [6.07, 6.45) is 2.63. The lowest BCUT2D eigenvalue weighted by atomic mass is 9.98. The molecule has 0 unspecified atom stereocenters. The molecule has 1 aromatic rings. The normalized spacial score (nSPS) is 19.4. The maximum atomic E-state index is 6.12. The van der Waals surface area contributed by atoms with Gasteiger partial charge >= 0.3 is 0 Å². The van der Waals surface area contributed by atoms with E-state index < -0.39 is 0 Å². The number of piperidine rings is 1. The molecule has 0 amide bonds. The van der Waals surface area contributed by atoms with Gasteiger partial charge in [-0.15, -0.1) is 0 Å². The average Bonchev–Trinajstić information content (AvgIpc) is 2.37. The van der Waals surface area contributed by atoms with Crippen LogP contribution in [0.25, 0.3) is 0 Å². The molecule has 2 nitrogen and oxygen atoms in total. The molecule has 118 valence electrons. The van der Waals surface area contributed by atoms with Crippen molar-refractivity contribution in [1.29, 1.82) is 0 Å². The molecule has 0 bridgehead atoms. The van der Waals surface area contributed by atoms with E-state index >= 15 is 0 Å². The lowest BCUT2D eigenvalue weighted by molar-refractivity contribution is 0.183. The van der Waals surface area contributed by atoms with E-state index in [2.05, 4.69) is 24.1 Å². The number of benzene rings is 1. The number of hydrogen-bond acceptors (Lipinski definition) is 2. The van der Waals surface area contributed by atoms with Crippen molar-refractivity contribution in [2.75, 3.05) is 26.2 Å². The summed E-state index contributed by atoms with van der Waals surface area (Å²) in [6, 6.07) is 5.85. The number of nitrogens with one attached hydrogen (secondary N) is 1. The molecule has 0 spiro atoms. The molecule has 0 radical (unpaired) electrons. The van der Waals surface area contributed by atoms with E-state index in [9.17, 15) is 0 Å². The number of nitrogens with zero attached hydrogens (tertiary/aromatic N) is 1. The zero-order valence-electron chi connectivity index (χ0n) is 13.0. The van der Waals surface area contributed by atoms with E-state index in [1.54, 1.807) is 6.07 Å². The molecule has 1 fully saturated rings. The molecule has 1 N–H and O–H groups in total. The van der Waals surface area contributed by atoms with Gasteiger partial charge in [0.25, 0.3) is 0 Å². The molecule has 2 rings (SSSR count). The maximum Gasteiger partial charge on any atom is 0.0424 e. The Kier molecular flexibility index (Phi) is 6.81. The van der Waals surface area contributed by atoms with Gasteiger partial charge in [-0.1, -0.05) is 37.0 Å². The van der Waals surface area contributed by atoms with Crippen LogP contribution in [0.15, 0.2) is 18.2 Å². The van der Waals surface area contributed by atoms with Crippen LogP contribution < -0.4 is 5.32 Å². The molecule has 0 aromatic heterocycles. The predicted octanol–water partition coefficient (Wildman–Crippen LogP) is 4.45. The summed E-state index contributed by atoms with van der Waals surface area (Å²) in [7, 11) is 0. The lowest BCUT2D eigenvalue weighted by Gasteiger charge is -2.31. The zero-order valence-corrected chi connectivity index (χ0v) is 14.6. The van der Waals surface area contributed by atoms with Crippen LogP contribution >= 0.6 is 23.2 Å². The summed E-state index contributed by atoms with van der Waals surface area (Å²) in [6.45, 7) is 10.1. The Labute approximate surface area is 138 Å². The fourth-order valence-electron chi connectivity index (χ4n) is 3.13. The molecule has 1 saturated heterocycles. The molecule has 1 aromatic carbocycles. The highest BCUT2D eigenvalue weighted by Crippen LogP contribution is 2.21. The van der Waals surface area contributed by atoms with Crippen molar-refractivity contribution in [3.63, 3.8) is 0 Å². The summed E-state index contributed by atoms with van der Waals surface area (Å²) >= 11 is 12.2. The van der Waals surface area contributed by atoms with Crippen LogP contribution in [0, 0.1) is 11.8 Å². The van der Waals surface area contributed by atoms with Crippen LogP contribution in [-0.4, -0.2) is 31.1 Å². The highest BCUT2D eigenvalue weighted by Gasteiger charge is 2.18. The molecular weight excluding hydrogens is 303 g/mol. The van der Waals surface area contributed by atoms with Gasteiger partial charge in [0.2, 0.25) is 0 Å². The molecular formula is C17H26Cl2N2. The van der Waals surface area contributed by atoms with Gasteiger partial charge in [-0.25, -0.2) is 0 Å². The molecule has 1 aliphatic rings. The largest absolute Gasteiger partial charge is 0.316 e. The minimum atomic E-state index is 0.663. The summed E-state index contributed by atoms with van der Waals surface area (Å²) in [5.41, 5.74) is 1.21. The Balaban J connectivity index is 2.00. The minimum absolute atomic E-state index is 0.663. The van der Waals surface area contributed by atoms with Crippen LogP contribution in [0.5, 0.6) is 0 Å². The average molecular weight is 329 g/mol. The van der Waals surface area contributed by atoms with Gasteiger partial charge in [-0.05, 0) is 61.5 Å². The van der Waals surface area contributed by atoms with Crippen molar-refractivity contribution in [1.82, 2.24) is 10.2 Å². The van der Waals surface area contributed by atoms with E-state index in [4.69, 9.17) is 23.2 Å². The Bertz CT molecular complexity index is 422. The third-order valence-electron chi connectivity index (χ3n) is 3.87. The first kappa shape index (κ1) is 17.1. The maximum absolute atomic E-state index is 6.12. The molecule has 0 saturated carbocycles. The van der Waals surface area contributed by atoms with Crippen molar-refractivity contribution in [2.45, 2.75) is 33.2 Å². The third-order valence-corrected chi connectivity index (χ3v) is 4.30. The highest BCUT2D eigenvalue weighted by molar-refractivity contribution is 6.34. The van der Waals surface area contributed by atoms with Crippen molar-refractivity contribution in [3.8, 4) is 0 Å². The monoisotopic (exact) mass is 328 g/mol. The topological polar surface area (TPSA) is 15.3 Å². The summed E-state index contributed by atoms with van der Waals surface area (Å²) < 4.78 is 0. The van der Waals surface area contributed by atoms with Gasteiger partial charge in [-0.3, -0.25) is 4.90 Å². The standard InChI is InChI=1S/C17H26Cl2N2/c1-13(2)10-21(11-14-4-3-5-20-9-14)12-15-6-16(18)8-17(19)7-15/h6-8,13-14,20H,3-5,9-12H2,1-2H3/t14-/m1/s1. The van der Waals surface area contributed by atoms with Crippen LogP contribution in [-0.2, 0) is 6.54 Å². The molecule has 21 heavy (non-hydrogen) atoms. The van der Waals surface area contributed by atoms with Crippen LogP contribution in [0.3, 0.4) is 0 Å². The van der Waals surface area contributed by atoms with Crippen molar-refractivity contribution < 1.29 is 0 Å². The van der Waals surface area contributed by atoms with Crippen molar-refractivity contribution >= 4 is 23.2 Å². The second kappa shape index (κ2) is 8.38. The minimum Gasteiger partial charge on any atom is -0.316 e. The van der Waals surface area contributed by atoms with Crippen LogP contribution in [0.2, 0.25) is 10.0 Å². The summed E-state index contributed by atoms with van der Waals surface area (Å²) in [5.74, 6) is 1.42. The first-order valence-electron chi connectivity index (χ1n) is 7.91. The van der Waals surface area contributed by atoms with Crippen molar-refractivity contribution in [2.24, 2.45) is 11.8 Å². The Morgan fingerprint density at radius 2 is 1.95 bits per heavy atom. The molecule has 1 atom stereocenters. The van der Waals surface area contributed by atoms with E-state index in [0.717, 1.165) is 42.1 Å². The lowest BCUT2D eigenvalue weighted by Crippen LogP contribution is -2.39. The Morgan fingerprint density at radius 1 is 1.24 bits per heavy atom. The molecule has 4 heteroatoms. The summed E-state index contributed by atoms with van der Waals surface area (Å²) in [5, 5.41) is 4.95. The summed E-state index contributed by atoms with van der Waals surface area (Å²) in [4.78, 5) is 2.55. The number of rotatable bonds is 6. The van der Waals surface area contributed by atoms with E-state index in [0.29, 0.717) is 5.92 Å². The molecule has 1 aliphatic heterocycles. The third kappa shape index (κ3) is 6.15. The van der Waals surface area contributed by atoms with Crippen molar-refractivity contribution in [3.05, 3.63) is 33.8 Å². The smallest absolute Gasteiger partial charge is 0.0424 e. The second-order valence-corrected chi connectivity index (χ2v) is 7.45. The first-order valence-corrected chi connectivity index (χ1v) is 8.66. The fraction of sp³-hybridized carbons (Fsp3) is 0.647. The van der Waals surface area contributed by atoms with Crippen LogP contribution in [0.4, 0.5) is 0 Å². The number of hydrogen-bond donors (Lipinski definition) is 1. The van der Waals surface area contributed by atoms with Gasteiger partial charge in [0.05, 0.1) is 0 Å². The zero-order chi connectivity index (χ0) is 15.2. The molecule has 1 heterocycles. The van der Waals surface area contributed by atoms with Gasteiger partial charge in [0, 0.05) is 29.7 Å².